The number of hydrogen-bond acceptors (Lipinski definition) is 5. The van der Waals surface area contributed by atoms with Gasteiger partial charge in [-0.1, -0.05) is 18.2 Å². The van der Waals surface area contributed by atoms with Gasteiger partial charge >= 0.3 is 6.18 Å². The van der Waals surface area contributed by atoms with Gasteiger partial charge in [-0.2, -0.15) is 18.3 Å². The second-order valence-corrected chi connectivity index (χ2v) is 7.09. The number of aromatic nitrogens is 2. The van der Waals surface area contributed by atoms with Crippen molar-refractivity contribution in [3.05, 3.63) is 59.0 Å². The quantitative estimate of drug-likeness (QED) is 0.628. The lowest BCUT2D eigenvalue weighted by Gasteiger charge is -2.29. The third-order valence-electron chi connectivity index (χ3n) is 5.15. The molecule has 1 N–H and O–H groups in total. The van der Waals surface area contributed by atoms with Crippen LogP contribution in [0.25, 0.3) is 10.8 Å². The first-order valence-corrected chi connectivity index (χ1v) is 9.53. The predicted molar refractivity (Wildman–Crippen MR) is 106 cm³/mol. The van der Waals surface area contributed by atoms with E-state index in [0.717, 1.165) is 41.3 Å². The summed E-state index contributed by atoms with van der Waals surface area (Å²) in [7, 11) is 0. The predicted octanol–water partition coefficient (Wildman–Crippen LogP) is 4.54. The molecule has 1 aromatic heterocycles. The summed E-state index contributed by atoms with van der Waals surface area (Å²) in [5.41, 5.74) is 0.349. The third kappa shape index (κ3) is 4.02. The highest BCUT2D eigenvalue weighted by Crippen LogP contribution is 2.33. The van der Waals surface area contributed by atoms with Crippen molar-refractivity contribution < 1.29 is 22.3 Å². The standard InChI is InChI=1S/C21H20F4N4O/c1-13-16-6-5-15(29-7-9-30-10-8-29)11-17(16)20(28-27-13)26-12-14-3-2-4-18(19(14)22)21(23,24)25/h2-6,11H,7-10,12H2,1H3,(H,26,28). The second-order valence-electron chi connectivity index (χ2n) is 7.09. The summed E-state index contributed by atoms with van der Waals surface area (Å²) in [6.07, 6.45) is -4.75. The number of ether oxygens (including phenoxy) is 1. The van der Waals surface area contributed by atoms with Crippen molar-refractivity contribution in [2.24, 2.45) is 0 Å². The molecule has 0 unspecified atom stereocenters. The number of fused-ring (bicyclic) bond motifs is 1. The Hall–Kier alpha value is -2.94. The summed E-state index contributed by atoms with van der Waals surface area (Å²) >= 11 is 0. The number of aryl methyl sites for hydroxylation is 1. The van der Waals surface area contributed by atoms with Crippen LogP contribution in [0.5, 0.6) is 0 Å². The molecular weight excluding hydrogens is 400 g/mol. The van der Waals surface area contributed by atoms with Gasteiger partial charge in [0.1, 0.15) is 5.82 Å². The van der Waals surface area contributed by atoms with Gasteiger partial charge in [0, 0.05) is 41.7 Å². The molecule has 0 atom stereocenters. The minimum Gasteiger partial charge on any atom is -0.378 e. The Morgan fingerprint density at radius 2 is 1.83 bits per heavy atom. The van der Waals surface area contributed by atoms with Crippen LogP contribution in [-0.4, -0.2) is 36.5 Å². The van der Waals surface area contributed by atoms with Gasteiger partial charge in [0.05, 0.1) is 24.5 Å². The fourth-order valence-corrected chi connectivity index (χ4v) is 3.54. The molecule has 0 spiro atoms. The zero-order chi connectivity index (χ0) is 21.3. The van der Waals surface area contributed by atoms with Gasteiger partial charge in [-0.15, -0.1) is 5.10 Å². The zero-order valence-electron chi connectivity index (χ0n) is 16.3. The Morgan fingerprint density at radius 3 is 2.57 bits per heavy atom. The summed E-state index contributed by atoms with van der Waals surface area (Å²) in [5.74, 6) is -0.890. The van der Waals surface area contributed by atoms with Gasteiger partial charge in [-0.3, -0.25) is 0 Å². The fourth-order valence-electron chi connectivity index (χ4n) is 3.54. The molecule has 1 aliphatic heterocycles. The van der Waals surface area contributed by atoms with E-state index in [1.807, 2.05) is 25.1 Å². The Kier molecular flexibility index (Phi) is 5.46. The average Bonchev–Trinajstić information content (AvgIpc) is 2.74. The number of benzene rings is 2. The van der Waals surface area contributed by atoms with Gasteiger partial charge < -0.3 is 15.0 Å². The molecule has 1 aliphatic rings. The van der Waals surface area contributed by atoms with Crippen molar-refractivity contribution in [1.82, 2.24) is 10.2 Å². The van der Waals surface area contributed by atoms with E-state index in [4.69, 9.17) is 4.74 Å². The van der Waals surface area contributed by atoms with Crippen LogP contribution in [0.4, 0.5) is 29.1 Å². The van der Waals surface area contributed by atoms with Gasteiger partial charge in [0.2, 0.25) is 0 Å². The zero-order valence-corrected chi connectivity index (χ0v) is 16.3. The van der Waals surface area contributed by atoms with Crippen LogP contribution in [-0.2, 0) is 17.5 Å². The molecule has 2 heterocycles. The van der Waals surface area contributed by atoms with E-state index in [0.29, 0.717) is 19.0 Å². The monoisotopic (exact) mass is 420 g/mol. The highest BCUT2D eigenvalue weighted by Gasteiger charge is 2.34. The molecule has 1 saturated heterocycles. The maximum absolute atomic E-state index is 14.3. The van der Waals surface area contributed by atoms with Crippen molar-refractivity contribution in [3.63, 3.8) is 0 Å². The summed E-state index contributed by atoms with van der Waals surface area (Å²) in [5, 5.41) is 12.9. The van der Waals surface area contributed by atoms with Crippen LogP contribution in [0.2, 0.25) is 0 Å². The summed E-state index contributed by atoms with van der Waals surface area (Å²) in [4.78, 5) is 2.19. The van der Waals surface area contributed by atoms with Crippen LogP contribution in [0, 0.1) is 12.7 Å². The first-order valence-electron chi connectivity index (χ1n) is 9.53. The van der Waals surface area contributed by atoms with E-state index in [1.165, 1.54) is 12.1 Å². The maximum atomic E-state index is 14.3. The van der Waals surface area contributed by atoms with E-state index in [1.54, 1.807) is 0 Å². The Bertz CT molecular complexity index is 1060. The largest absolute Gasteiger partial charge is 0.419 e. The molecule has 0 radical (unpaired) electrons. The average molecular weight is 420 g/mol. The first-order chi connectivity index (χ1) is 14.3. The van der Waals surface area contributed by atoms with E-state index < -0.39 is 17.6 Å². The number of nitrogens with one attached hydrogen (secondary N) is 1. The van der Waals surface area contributed by atoms with E-state index in [2.05, 4.69) is 20.4 Å². The van der Waals surface area contributed by atoms with E-state index in [-0.39, 0.29) is 12.1 Å². The molecule has 4 rings (SSSR count). The molecule has 0 saturated carbocycles. The number of alkyl halides is 3. The van der Waals surface area contributed by atoms with Crippen LogP contribution in [0.1, 0.15) is 16.8 Å². The second kappa shape index (κ2) is 8.06. The molecule has 3 aromatic rings. The normalized spacial score (nSPS) is 14.9. The van der Waals surface area contributed by atoms with Crippen molar-refractivity contribution in [3.8, 4) is 0 Å². The Labute approximate surface area is 170 Å². The lowest BCUT2D eigenvalue weighted by atomic mass is 10.1. The fraction of sp³-hybridized carbons (Fsp3) is 0.333. The number of morpholine rings is 1. The van der Waals surface area contributed by atoms with Crippen LogP contribution >= 0.6 is 0 Å². The minimum atomic E-state index is -4.75. The molecule has 9 heteroatoms. The molecule has 0 amide bonds. The third-order valence-corrected chi connectivity index (χ3v) is 5.15. The molecule has 5 nitrogen and oxygen atoms in total. The SMILES string of the molecule is Cc1nnc(NCc2cccc(C(F)(F)F)c2F)c2cc(N3CCOCC3)ccc12. The lowest BCUT2D eigenvalue weighted by molar-refractivity contribution is -0.140. The molecule has 0 aliphatic carbocycles. The Morgan fingerprint density at radius 1 is 1.07 bits per heavy atom. The van der Waals surface area contributed by atoms with E-state index >= 15 is 0 Å². The number of anilines is 2. The van der Waals surface area contributed by atoms with Crippen molar-refractivity contribution in [1.29, 1.82) is 0 Å². The molecular formula is C21H20F4N4O. The highest BCUT2D eigenvalue weighted by molar-refractivity contribution is 5.95. The summed E-state index contributed by atoms with van der Waals surface area (Å²) in [6, 6.07) is 9.15. The van der Waals surface area contributed by atoms with Crippen molar-refractivity contribution in [2.45, 2.75) is 19.6 Å². The van der Waals surface area contributed by atoms with Gasteiger partial charge in [-0.25, -0.2) is 4.39 Å². The summed E-state index contributed by atoms with van der Waals surface area (Å²) in [6.45, 7) is 4.50. The van der Waals surface area contributed by atoms with Crippen LogP contribution in [0.15, 0.2) is 36.4 Å². The molecule has 0 bridgehead atoms. The van der Waals surface area contributed by atoms with Crippen LogP contribution in [0.3, 0.4) is 0 Å². The number of nitrogens with zero attached hydrogens (tertiary/aromatic N) is 3. The molecule has 30 heavy (non-hydrogen) atoms. The van der Waals surface area contributed by atoms with Gasteiger partial charge in [0.25, 0.3) is 0 Å². The highest BCUT2D eigenvalue weighted by atomic mass is 19.4. The number of hydrogen-bond donors (Lipinski definition) is 1. The van der Waals surface area contributed by atoms with Gasteiger partial charge in [-0.05, 0) is 25.1 Å². The first kappa shape index (κ1) is 20.3. The van der Waals surface area contributed by atoms with E-state index in [9.17, 15) is 17.6 Å². The van der Waals surface area contributed by atoms with Crippen molar-refractivity contribution in [2.75, 3.05) is 36.5 Å². The lowest BCUT2D eigenvalue weighted by Crippen LogP contribution is -2.36. The Balaban J connectivity index is 1.65. The number of halogens is 4. The van der Waals surface area contributed by atoms with Crippen LogP contribution < -0.4 is 10.2 Å². The van der Waals surface area contributed by atoms with Gasteiger partial charge in [0.15, 0.2) is 5.82 Å². The molecule has 158 valence electrons. The summed E-state index contributed by atoms with van der Waals surface area (Å²) < 4.78 is 58.6. The minimum absolute atomic E-state index is 0.0929. The number of rotatable bonds is 4. The topological polar surface area (TPSA) is 50.3 Å². The van der Waals surface area contributed by atoms with Crippen molar-refractivity contribution >= 4 is 22.3 Å². The molecule has 1 fully saturated rings. The molecule has 2 aromatic carbocycles. The maximum Gasteiger partial charge on any atom is 0.419 e. The smallest absolute Gasteiger partial charge is 0.378 e.